The summed E-state index contributed by atoms with van der Waals surface area (Å²) in [5, 5.41) is 0.637. The first kappa shape index (κ1) is 12.4. The molecule has 0 amide bonds. The van der Waals surface area contributed by atoms with Crippen LogP contribution in [-0.2, 0) is 13.0 Å². The van der Waals surface area contributed by atoms with Gasteiger partial charge in [-0.15, -0.1) is 0 Å². The molecule has 1 aromatic heterocycles. The van der Waals surface area contributed by atoms with Crippen LogP contribution in [0.2, 0.25) is 5.02 Å². The Labute approximate surface area is 116 Å². The van der Waals surface area contributed by atoms with Crippen molar-refractivity contribution in [2.75, 3.05) is 13.6 Å². The maximum Gasteiger partial charge on any atom is 0.255 e. The Morgan fingerprint density at radius 3 is 3.05 bits per heavy atom. The molecule has 19 heavy (non-hydrogen) atoms. The number of aromatic amines is 1. The van der Waals surface area contributed by atoms with Crippen LogP contribution in [-0.4, -0.2) is 28.5 Å². The Morgan fingerprint density at radius 2 is 2.26 bits per heavy atom. The molecule has 2 aromatic rings. The molecule has 5 heteroatoms. The molecular weight excluding hydrogens is 262 g/mol. The van der Waals surface area contributed by atoms with Gasteiger partial charge in [-0.1, -0.05) is 23.7 Å². The topological polar surface area (TPSA) is 49.0 Å². The first-order valence-electron chi connectivity index (χ1n) is 6.20. The van der Waals surface area contributed by atoms with Gasteiger partial charge in [-0.05, 0) is 19.2 Å². The molecular formula is C14H14ClN3O. The van der Waals surface area contributed by atoms with Gasteiger partial charge in [0.2, 0.25) is 0 Å². The second-order valence-corrected chi connectivity index (χ2v) is 5.27. The fourth-order valence-electron chi connectivity index (χ4n) is 2.33. The molecule has 0 atom stereocenters. The monoisotopic (exact) mass is 275 g/mol. The van der Waals surface area contributed by atoms with Gasteiger partial charge in [0.1, 0.15) is 5.82 Å². The number of fused-ring (bicyclic) bond motifs is 1. The molecule has 0 saturated carbocycles. The van der Waals surface area contributed by atoms with Crippen molar-refractivity contribution >= 4 is 11.6 Å². The summed E-state index contributed by atoms with van der Waals surface area (Å²) in [7, 11) is 2.01. The highest BCUT2D eigenvalue weighted by Crippen LogP contribution is 2.20. The van der Waals surface area contributed by atoms with Crippen LogP contribution in [0, 0.1) is 0 Å². The van der Waals surface area contributed by atoms with Gasteiger partial charge in [0.05, 0.1) is 11.3 Å². The van der Waals surface area contributed by atoms with Crippen LogP contribution in [0.5, 0.6) is 0 Å². The number of nitrogens with one attached hydrogen (secondary N) is 1. The average molecular weight is 276 g/mol. The summed E-state index contributed by atoms with van der Waals surface area (Å²) >= 11 is 5.97. The molecule has 0 bridgehead atoms. The van der Waals surface area contributed by atoms with E-state index in [1.807, 2.05) is 19.2 Å². The van der Waals surface area contributed by atoms with Crippen molar-refractivity contribution in [2.45, 2.75) is 13.0 Å². The highest BCUT2D eigenvalue weighted by molar-refractivity contribution is 6.30. The number of hydrogen-bond acceptors (Lipinski definition) is 3. The number of aromatic nitrogens is 2. The number of hydrogen-bond donors (Lipinski definition) is 1. The van der Waals surface area contributed by atoms with Crippen molar-refractivity contribution in [3.05, 3.63) is 50.9 Å². The number of H-pyrrole nitrogens is 1. The lowest BCUT2D eigenvalue weighted by molar-refractivity contribution is 0.307. The van der Waals surface area contributed by atoms with Crippen molar-refractivity contribution in [2.24, 2.45) is 0 Å². The number of rotatable bonds is 1. The van der Waals surface area contributed by atoms with Gasteiger partial charge in [0.15, 0.2) is 0 Å². The van der Waals surface area contributed by atoms with E-state index >= 15 is 0 Å². The summed E-state index contributed by atoms with van der Waals surface area (Å²) in [6.07, 6.45) is 0.809. The number of benzene rings is 1. The molecule has 1 aromatic carbocycles. The van der Waals surface area contributed by atoms with Crippen LogP contribution in [0.25, 0.3) is 11.4 Å². The van der Waals surface area contributed by atoms with Gasteiger partial charge in [-0.25, -0.2) is 4.98 Å². The van der Waals surface area contributed by atoms with E-state index in [0.717, 1.165) is 29.8 Å². The minimum absolute atomic E-state index is 0.0495. The standard InChI is InChI=1S/C14H14ClN3O/c1-18-6-5-12-11(8-18)14(19)17-13(16-12)9-3-2-4-10(15)7-9/h2-4,7H,5-6,8H2,1H3,(H,16,17,19). The van der Waals surface area contributed by atoms with E-state index in [1.54, 1.807) is 12.1 Å². The Bertz CT molecular complexity index is 681. The number of halogens is 1. The minimum atomic E-state index is -0.0495. The molecule has 0 fully saturated rings. The summed E-state index contributed by atoms with van der Waals surface area (Å²) in [4.78, 5) is 21.7. The van der Waals surface area contributed by atoms with Crippen molar-refractivity contribution in [3.63, 3.8) is 0 Å². The highest BCUT2D eigenvalue weighted by Gasteiger charge is 2.19. The van der Waals surface area contributed by atoms with E-state index in [2.05, 4.69) is 14.9 Å². The minimum Gasteiger partial charge on any atom is -0.306 e. The normalized spacial score (nSPS) is 15.3. The third kappa shape index (κ3) is 2.41. The van der Waals surface area contributed by atoms with Crippen LogP contribution < -0.4 is 5.56 Å². The van der Waals surface area contributed by atoms with Crippen LogP contribution in [0.4, 0.5) is 0 Å². The Balaban J connectivity index is 2.10. The van der Waals surface area contributed by atoms with Gasteiger partial charge >= 0.3 is 0 Å². The first-order chi connectivity index (χ1) is 9.13. The third-order valence-electron chi connectivity index (χ3n) is 3.36. The van der Waals surface area contributed by atoms with Crippen LogP contribution in [0.1, 0.15) is 11.3 Å². The van der Waals surface area contributed by atoms with E-state index in [-0.39, 0.29) is 5.56 Å². The predicted molar refractivity (Wildman–Crippen MR) is 75.3 cm³/mol. The van der Waals surface area contributed by atoms with Gasteiger partial charge in [0.25, 0.3) is 5.56 Å². The molecule has 98 valence electrons. The lowest BCUT2D eigenvalue weighted by atomic mass is 10.1. The SMILES string of the molecule is CN1CCc2nc(-c3cccc(Cl)c3)[nH]c(=O)c2C1. The third-order valence-corrected chi connectivity index (χ3v) is 3.59. The summed E-state index contributed by atoms with van der Waals surface area (Å²) < 4.78 is 0. The zero-order chi connectivity index (χ0) is 13.4. The molecule has 1 aliphatic heterocycles. The second kappa shape index (κ2) is 4.79. The molecule has 0 spiro atoms. The van der Waals surface area contributed by atoms with Crippen molar-refractivity contribution in [3.8, 4) is 11.4 Å². The smallest absolute Gasteiger partial charge is 0.255 e. The van der Waals surface area contributed by atoms with Gasteiger partial charge in [-0.3, -0.25) is 4.79 Å². The summed E-state index contributed by atoms with van der Waals surface area (Å²) in [5.41, 5.74) is 2.47. The lowest BCUT2D eigenvalue weighted by Crippen LogP contribution is -2.33. The molecule has 2 heterocycles. The molecule has 3 rings (SSSR count). The summed E-state index contributed by atoms with van der Waals surface area (Å²) in [5.74, 6) is 0.593. The average Bonchev–Trinajstić information content (AvgIpc) is 2.39. The molecule has 0 aliphatic carbocycles. The molecule has 0 radical (unpaired) electrons. The fourth-order valence-corrected chi connectivity index (χ4v) is 2.52. The number of likely N-dealkylation sites (N-methyl/N-ethyl adjacent to an activating group) is 1. The van der Waals surface area contributed by atoms with E-state index in [9.17, 15) is 4.79 Å². The maximum atomic E-state index is 12.1. The zero-order valence-corrected chi connectivity index (χ0v) is 11.4. The van der Waals surface area contributed by atoms with Crippen LogP contribution >= 0.6 is 11.6 Å². The summed E-state index contributed by atoms with van der Waals surface area (Å²) in [6.45, 7) is 1.59. The van der Waals surface area contributed by atoms with E-state index in [1.165, 1.54) is 0 Å². The highest BCUT2D eigenvalue weighted by atomic mass is 35.5. The summed E-state index contributed by atoms with van der Waals surface area (Å²) in [6, 6.07) is 7.36. The quantitative estimate of drug-likeness (QED) is 0.867. The molecule has 1 aliphatic rings. The second-order valence-electron chi connectivity index (χ2n) is 4.84. The van der Waals surface area contributed by atoms with Crippen molar-refractivity contribution in [1.29, 1.82) is 0 Å². The van der Waals surface area contributed by atoms with Gasteiger partial charge < -0.3 is 9.88 Å². The first-order valence-corrected chi connectivity index (χ1v) is 6.58. The molecule has 1 N–H and O–H groups in total. The van der Waals surface area contributed by atoms with E-state index in [0.29, 0.717) is 17.4 Å². The Hall–Kier alpha value is -1.65. The number of nitrogens with zero attached hydrogens (tertiary/aromatic N) is 2. The van der Waals surface area contributed by atoms with E-state index in [4.69, 9.17) is 11.6 Å². The zero-order valence-electron chi connectivity index (χ0n) is 10.6. The Morgan fingerprint density at radius 1 is 1.42 bits per heavy atom. The molecule has 0 unspecified atom stereocenters. The van der Waals surface area contributed by atoms with Gasteiger partial charge in [-0.2, -0.15) is 0 Å². The van der Waals surface area contributed by atoms with Crippen LogP contribution in [0.3, 0.4) is 0 Å². The van der Waals surface area contributed by atoms with E-state index < -0.39 is 0 Å². The largest absolute Gasteiger partial charge is 0.306 e. The van der Waals surface area contributed by atoms with Crippen molar-refractivity contribution in [1.82, 2.24) is 14.9 Å². The van der Waals surface area contributed by atoms with Gasteiger partial charge in [0, 0.05) is 30.1 Å². The van der Waals surface area contributed by atoms with Crippen LogP contribution in [0.15, 0.2) is 29.1 Å². The fraction of sp³-hybridized carbons (Fsp3) is 0.286. The van der Waals surface area contributed by atoms with Crippen molar-refractivity contribution < 1.29 is 0 Å². The lowest BCUT2D eigenvalue weighted by Gasteiger charge is -2.23. The maximum absolute atomic E-state index is 12.1. The molecule has 4 nitrogen and oxygen atoms in total. The molecule has 0 saturated heterocycles. The Kier molecular flexibility index (Phi) is 3.12. The predicted octanol–water partition coefficient (Wildman–Crippen LogP) is 2.08.